The maximum atomic E-state index is 13.2. The van der Waals surface area contributed by atoms with E-state index in [0.717, 1.165) is 32.1 Å². The van der Waals surface area contributed by atoms with Gasteiger partial charge in [-0.25, -0.2) is 0 Å². The van der Waals surface area contributed by atoms with Crippen molar-refractivity contribution in [3.05, 3.63) is 0 Å². The van der Waals surface area contributed by atoms with Crippen molar-refractivity contribution < 1.29 is 14.7 Å². The Labute approximate surface area is 176 Å². The molecule has 0 bridgehead atoms. The first-order chi connectivity index (χ1) is 13.6. The van der Waals surface area contributed by atoms with Crippen molar-refractivity contribution in [1.29, 1.82) is 0 Å². The molecule has 5 fully saturated rings. The monoisotopic (exact) mass is 400 g/mol. The van der Waals surface area contributed by atoms with E-state index in [2.05, 4.69) is 20.8 Å². The summed E-state index contributed by atoms with van der Waals surface area (Å²) in [6.45, 7) is 8.85. The molecule has 1 N–H and O–H groups in total. The fourth-order valence-electron chi connectivity index (χ4n) is 10.3. The minimum atomic E-state index is -0.832. The van der Waals surface area contributed by atoms with E-state index in [-0.39, 0.29) is 27.9 Å². The summed E-state index contributed by atoms with van der Waals surface area (Å²) in [5.74, 6) is 3.15. The van der Waals surface area contributed by atoms with Crippen molar-refractivity contribution >= 4 is 11.6 Å². The van der Waals surface area contributed by atoms with Crippen LogP contribution in [0.4, 0.5) is 0 Å². The molecular formula is C26H40O3. The van der Waals surface area contributed by atoms with Crippen LogP contribution in [0.15, 0.2) is 0 Å². The van der Waals surface area contributed by atoms with Gasteiger partial charge in [0.1, 0.15) is 11.6 Å². The van der Waals surface area contributed by atoms with Crippen molar-refractivity contribution in [2.24, 2.45) is 45.8 Å². The van der Waals surface area contributed by atoms with Gasteiger partial charge in [-0.2, -0.15) is 0 Å². The van der Waals surface area contributed by atoms with Crippen molar-refractivity contribution in [3.63, 3.8) is 0 Å². The molecule has 162 valence electrons. The topological polar surface area (TPSA) is 54.4 Å². The van der Waals surface area contributed by atoms with Gasteiger partial charge in [-0.15, -0.1) is 0 Å². The third kappa shape index (κ3) is 2.24. The number of carbonyl (C=O) groups is 2. The average molecular weight is 401 g/mol. The maximum absolute atomic E-state index is 13.2. The summed E-state index contributed by atoms with van der Waals surface area (Å²) < 4.78 is 0. The molecule has 0 aromatic heterocycles. The van der Waals surface area contributed by atoms with Gasteiger partial charge in [0, 0.05) is 23.7 Å². The van der Waals surface area contributed by atoms with Gasteiger partial charge in [0.25, 0.3) is 0 Å². The largest absolute Gasteiger partial charge is 0.389 e. The van der Waals surface area contributed by atoms with Crippen LogP contribution in [-0.4, -0.2) is 22.3 Å². The third-order valence-corrected chi connectivity index (χ3v) is 11.7. The SMILES string of the molecule is CC(=O)[C@]12CCCC[C@@H]1C[C@@H]1[C@@H]3C[C@H](C)[C@@]4(O)CC(=O)CC[C@]4(C)[C@@H]3CC[C@]12C. The van der Waals surface area contributed by atoms with Gasteiger partial charge in [0.05, 0.1) is 5.60 Å². The maximum Gasteiger partial charge on any atom is 0.136 e. The lowest BCUT2D eigenvalue weighted by molar-refractivity contribution is -0.230. The molecule has 0 unspecified atom stereocenters. The first-order valence-corrected chi connectivity index (χ1v) is 12.4. The highest BCUT2D eigenvalue weighted by Gasteiger charge is 2.71. The minimum Gasteiger partial charge on any atom is -0.389 e. The number of carbonyl (C=O) groups excluding carboxylic acids is 2. The summed E-state index contributed by atoms with van der Waals surface area (Å²) in [4.78, 5) is 25.5. The fraction of sp³-hybridized carbons (Fsp3) is 0.923. The van der Waals surface area contributed by atoms with Gasteiger partial charge in [-0.3, -0.25) is 9.59 Å². The second-order valence-corrected chi connectivity index (χ2v) is 12.2. The van der Waals surface area contributed by atoms with E-state index in [1.807, 2.05) is 6.92 Å². The van der Waals surface area contributed by atoms with Gasteiger partial charge < -0.3 is 5.11 Å². The molecule has 5 aliphatic rings. The number of Topliss-reactive ketones (excluding diaryl/α,β-unsaturated/α-hetero) is 2. The molecule has 0 aromatic carbocycles. The van der Waals surface area contributed by atoms with E-state index in [4.69, 9.17) is 0 Å². The molecule has 5 rings (SSSR count). The van der Waals surface area contributed by atoms with Crippen LogP contribution in [0.3, 0.4) is 0 Å². The van der Waals surface area contributed by atoms with Gasteiger partial charge in [-0.05, 0) is 86.9 Å². The summed E-state index contributed by atoms with van der Waals surface area (Å²) in [5, 5.41) is 11.8. The Kier molecular flexibility index (Phi) is 4.30. The highest BCUT2D eigenvalue weighted by atomic mass is 16.3. The average Bonchev–Trinajstić information content (AvgIpc) is 2.95. The lowest BCUT2D eigenvalue weighted by atomic mass is 9.40. The van der Waals surface area contributed by atoms with Gasteiger partial charge in [-0.1, -0.05) is 33.6 Å². The van der Waals surface area contributed by atoms with Gasteiger partial charge in [0.2, 0.25) is 0 Å². The molecule has 5 saturated carbocycles. The molecule has 0 aliphatic heterocycles. The second-order valence-electron chi connectivity index (χ2n) is 12.2. The molecule has 0 heterocycles. The van der Waals surface area contributed by atoms with Crippen molar-refractivity contribution in [3.8, 4) is 0 Å². The molecule has 3 nitrogen and oxygen atoms in total. The summed E-state index contributed by atoms with van der Waals surface area (Å²) in [6.07, 6.45) is 11.2. The number of rotatable bonds is 1. The normalized spacial score (nSPS) is 56.7. The molecule has 9 atom stereocenters. The van der Waals surface area contributed by atoms with Crippen LogP contribution >= 0.6 is 0 Å². The van der Waals surface area contributed by atoms with Crippen LogP contribution in [-0.2, 0) is 9.59 Å². The first kappa shape index (κ1) is 20.2. The molecule has 29 heavy (non-hydrogen) atoms. The Balaban J connectivity index is 1.56. The molecule has 0 spiro atoms. The molecule has 0 saturated heterocycles. The van der Waals surface area contributed by atoms with E-state index in [1.165, 1.54) is 25.7 Å². The van der Waals surface area contributed by atoms with Crippen LogP contribution < -0.4 is 0 Å². The highest BCUT2D eigenvalue weighted by molar-refractivity contribution is 5.84. The minimum absolute atomic E-state index is 0.0959. The number of aliphatic hydroxyl groups is 1. The molecule has 0 aromatic rings. The molecule has 5 aliphatic carbocycles. The zero-order valence-electron chi connectivity index (χ0n) is 18.9. The number of hydrogen-bond donors (Lipinski definition) is 1. The lowest BCUT2D eigenvalue weighted by Gasteiger charge is -2.66. The van der Waals surface area contributed by atoms with Crippen molar-refractivity contribution in [1.82, 2.24) is 0 Å². The quantitative estimate of drug-likeness (QED) is 0.647. The Morgan fingerprint density at radius 3 is 2.48 bits per heavy atom. The number of ketones is 2. The van der Waals surface area contributed by atoms with Crippen LogP contribution in [0, 0.1) is 45.8 Å². The van der Waals surface area contributed by atoms with E-state index in [1.54, 1.807) is 0 Å². The second kappa shape index (κ2) is 6.17. The highest BCUT2D eigenvalue weighted by Crippen LogP contribution is 2.75. The summed E-state index contributed by atoms with van der Waals surface area (Å²) in [6, 6.07) is 0. The first-order valence-electron chi connectivity index (χ1n) is 12.4. The zero-order chi connectivity index (χ0) is 20.8. The predicted octanol–water partition coefficient (Wildman–Crippen LogP) is 5.33. The van der Waals surface area contributed by atoms with E-state index in [0.29, 0.717) is 42.3 Å². The molecular weight excluding hydrogens is 360 g/mol. The van der Waals surface area contributed by atoms with E-state index >= 15 is 0 Å². The predicted molar refractivity (Wildman–Crippen MR) is 113 cm³/mol. The Morgan fingerprint density at radius 1 is 1.00 bits per heavy atom. The smallest absolute Gasteiger partial charge is 0.136 e. The zero-order valence-corrected chi connectivity index (χ0v) is 18.9. The Hall–Kier alpha value is -0.700. The van der Waals surface area contributed by atoms with Crippen LogP contribution in [0.1, 0.15) is 98.3 Å². The van der Waals surface area contributed by atoms with Crippen molar-refractivity contribution in [2.75, 3.05) is 0 Å². The number of fused-ring (bicyclic) bond motifs is 7. The standard InChI is InChI=1S/C26H40O3/c1-16-13-20-21(24(4)11-8-19(28)15-26(16,24)29)9-12-23(3)22(20)14-18-7-5-6-10-25(18,23)17(2)27/h16,18,20-22,29H,5-15H2,1-4H3/t16-,18+,20+,21+,22+,23+,24+,25+,26-/m0/s1. The Bertz CT molecular complexity index is 744. The van der Waals surface area contributed by atoms with Gasteiger partial charge >= 0.3 is 0 Å². The fourth-order valence-corrected chi connectivity index (χ4v) is 10.3. The third-order valence-electron chi connectivity index (χ3n) is 11.7. The van der Waals surface area contributed by atoms with E-state index in [9.17, 15) is 14.7 Å². The van der Waals surface area contributed by atoms with Crippen LogP contribution in [0.5, 0.6) is 0 Å². The Morgan fingerprint density at radius 2 is 1.76 bits per heavy atom. The summed E-state index contributed by atoms with van der Waals surface area (Å²) in [5.41, 5.74) is -0.953. The van der Waals surface area contributed by atoms with Crippen LogP contribution in [0.2, 0.25) is 0 Å². The van der Waals surface area contributed by atoms with Crippen LogP contribution in [0.25, 0.3) is 0 Å². The summed E-state index contributed by atoms with van der Waals surface area (Å²) in [7, 11) is 0. The van der Waals surface area contributed by atoms with Crippen molar-refractivity contribution in [2.45, 2.75) is 104 Å². The molecule has 0 radical (unpaired) electrons. The van der Waals surface area contributed by atoms with E-state index < -0.39 is 5.60 Å². The molecule has 0 amide bonds. The molecule has 3 heteroatoms. The van der Waals surface area contributed by atoms with Gasteiger partial charge in [0.15, 0.2) is 0 Å². The summed E-state index contributed by atoms with van der Waals surface area (Å²) >= 11 is 0. The lowest BCUT2D eigenvalue weighted by Crippen LogP contribution is -2.66. The number of hydrogen-bond acceptors (Lipinski definition) is 3.